The van der Waals surface area contributed by atoms with Gasteiger partial charge in [-0.05, 0) is 29.8 Å². The number of anilines is 1. The number of nitrogens with zero attached hydrogens (tertiary/aromatic N) is 3. The molecule has 27 heavy (non-hydrogen) atoms. The van der Waals surface area contributed by atoms with Crippen molar-refractivity contribution in [3.63, 3.8) is 0 Å². The van der Waals surface area contributed by atoms with Crippen molar-refractivity contribution in [2.24, 2.45) is 0 Å². The van der Waals surface area contributed by atoms with E-state index in [2.05, 4.69) is 10.2 Å². The molecule has 1 N–H and O–H groups in total. The number of amides is 1. The number of aliphatic hydroxyl groups excluding tert-OH is 1. The minimum absolute atomic E-state index is 0.0800. The number of ketones is 1. The Labute approximate surface area is 154 Å². The number of hydrogen-bond donors (Lipinski definition) is 1. The summed E-state index contributed by atoms with van der Waals surface area (Å²) < 4.78 is 32.2. The van der Waals surface area contributed by atoms with Crippen molar-refractivity contribution in [3.8, 4) is 0 Å². The molecule has 1 atom stereocenters. The van der Waals surface area contributed by atoms with E-state index in [-0.39, 0.29) is 22.0 Å². The van der Waals surface area contributed by atoms with E-state index < -0.39 is 35.1 Å². The molecule has 0 saturated heterocycles. The van der Waals surface area contributed by atoms with Crippen LogP contribution in [0.5, 0.6) is 0 Å². The van der Waals surface area contributed by atoms with E-state index >= 15 is 0 Å². The van der Waals surface area contributed by atoms with Crippen molar-refractivity contribution < 1.29 is 27.9 Å². The molecule has 1 amide bonds. The fourth-order valence-corrected chi connectivity index (χ4v) is 3.43. The van der Waals surface area contributed by atoms with Gasteiger partial charge in [-0.2, -0.15) is 0 Å². The fourth-order valence-electron chi connectivity index (χ4n) is 2.85. The van der Waals surface area contributed by atoms with Crippen LogP contribution in [0.2, 0.25) is 0 Å². The first-order valence-electron chi connectivity index (χ1n) is 7.55. The number of rotatable bonds is 4. The third kappa shape index (κ3) is 2.70. The smallest absolute Gasteiger partial charge is 0.296 e. The number of hydrogen-bond acceptors (Lipinski definition) is 7. The first-order chi connectivity index (χ1) is 13.0. The molecule has 1 unspecified atom stereocenters. The summed E-state index contributed by atoms with van der Waals surface area (Å²) in [6, 6.07) is 4.56. The van der Waals surface area contributed by atoms with Gasteiger partial charge in [0.1, 0.15) is 5.51 Å². The van der Waals surface area contributed by atoms with Crippen molar-refractivity contribution in [3.05, 3.63) is 76.4 Å². The molecule has 1 aliphatic heterocycles. The van der Waals surface area contributed by atoms with Crippen LogP contribution in [0.4, 0.5) is 13.9 Å². The predicted octanol–water partition coefficient (Wildman–Crippen LogP) is 3.19. The maximum absolute atomic E-state index is 13.8. The Morgan fingerprint density at radius 1 is 1.26 bits per heavy atom. The maximum Gasteiger partial charge on any atom is 0.296 e. The summed E-state index contributed by atoms with van der Waals surface area (Å²) in [7, 11) is 0. The Kier molecular flexibility index (Phi) is 4.04. The third-order valence-electron chi connectivity index (χ3n) is 4.01. The molecule has 3 heterocycles. The SMILES string of the molecule is O=C(C1=C(O)C(=O)N(c2nncs2)C1c1ccc(F)c(F)c1)c1ccco1. The highest BCUT2D eigenvalue weighted by atomic mass is 32.1. The second-order valence-electron chi connectivity index (χ2n) is 5.54. The molecule has 0 saturated carbocycles. The second kappa shape index (κ2) is 6.40. The zero-order valence-corrected chi connectivity index (χ0v) is 14.1. The number of benzene rings is 1. The molecule has 10 heteroatoms. The minimum Gasteiger partial charge on any atom is -0.503 e. The summed E-state index contributed by atoms with van der Waals surface area (Å²) in [5, 5.41) is 17.9. The van der Waals surface area contributed by atoms with E-state index in [4.69, 9.17) is 4.42 Å². The molecule has 2 aromatic heterocycles. The largest absolute Gasteiger partial charge is 0.503 e. The van der Waals surface area contributed by atoms with E-state index in [9.17, 15) is 23.5 Å². The highest BCUT2D eigenvalue weighted by Crippen LogP contribution is 2.42. The van der Waals surface area contributed by atoms with Crippen LogP contribution in [0.3, 0.4) is 0 Å². The monoisotopic (exact) mass is 389 g/mol. The standard InChI is InChI=1S/C17H9F2N3O4S/c18-9-4-3-8(6-10(9)19)13-12(14(23)11-2-1-5-26-11)15(24)16(25)22(13)17-21-20-7-27-17/h1-7,13,24H. The Balaban J connectivity index is 1.90. The Morgan fingerprint density at radius 3 is 2.70 bits per heavy atom. The van der Waals surface area contributed by atoms with Crippen LogP contribution < -0.4 is 4.90 Å². The average molecular weight is 389 g/mol. The van der Waals surface area contributed by atoms with Gasteiger partial charge in [0.15, 0.2) is 23.2 Å². The predicted molar refractivity (Wildman–Crippen MR) is 89.2 cm³/mol. The van der Waals surface area contributed by atoms with Crippen molar-refractivity contribution in [2.75, 3.05) is 4.90 Å². The molecule has 0 bridgehead atoms. The fraction of sp³-hybridized carbons (Fsp3) is 0.0588. The van der Waals surface area contributed by atoms with Crippen LogP contribution in [0.15, 0.2) is 57.9 Å². The summed E-state index contributed by atoms with van der Waals surface area (Å²) in [6.45, 7) is 0. The molecule has 0 radical (unpaired) electrons. The van der Waals surface area contributed by atoms with Gasteiger partial charge in [0.05, 0.1) is 17.9 Å². The summed E-state index contributed by atoms with van der Waals surface area (Å²) in [5.41, 5.74) is 1.11. The van der Waals surface area contributed by atoms with Gasteiger partial charge in [-0.25, -0.2) is 8.78 Å². The average Bonchev–Trinajstić information content (AvgIpc) is 3.39. The van der Waals surface area contributed by atoms with Gasteiger partial charge < -0.3 is 9.52 Å². The zero-order valence-electron chi connectivity index (χ0n) is 13.3. The van der Waals surface area contributed by atoms with E-state index in [1.54, 1.807) is 0 Å². The lowest BCUT2D eigenvalue weighted by molar-refractivity contribution is -0.117. The van der Waals surface area contributed by atoms with Crippen molar-refractivity contribution in [1.29, 1.82) is 0 Å². The van der Waals surface area contributed by atoms with Gasteiger partial charge in [-0.15, -0.1) is 10.2 Å². The van der Waals surface area contributed by atoms with Crippen molar-refractivity contribution in [1.82, 2.24) is 10.2 Å². The summed E-state index contributed by atoms with van der Waals surface area (Å²) in [4.78, 5) is 26.5. The molecule has 0 aliphatic carbocycles. The Hall–Kier alpha value is -3.40. The third-order valence-corrected chi connectivity index (χ3v) is 4.70. The molecular formula is C17H9F2N3O4S. The number of Topliss-reactive ketones (excluding diaryl/α,β-unsaturated/α-hetero) is 1. The van der Waals surface area contributed by atoms with Crippen LogP contribution in [-0.4, -0.2) is 27.0 Å². The van der Waals surface area contributed by atoms with Gasteiger partial charge in [0.2, 0.25) is 10.9 Å². The number of aromatic nitrogens is 2. The number of furan rings is 1. The second-order valence-corrected chi connectivity index (χ2v) is 6.35. The van der Waals surface area contributed by atoms with E-state index in [0.29, 0.717) is 0 Å². The van der Waals surface area contributed by atoms with Crippen molar-refractivity contribution >= 4 is 28.2 Å². The van der Waals surface area contributed by atoms with E-state index in [1.807, 2.05) is 0 Å². The van der Waals surface area contributed by atoms with Crippen LogP contribution in [0, 0.1) is 11.6 Å². The lowest BCUT2D eigenvalue weighted by Crippen LogP contribution is -2.31. The van der Waals surface area contributed by atoms with Gasteiger partial charge in [0, 0.05) is 0 Å². The van der Waals surface area contributed by atoms with Crippen LogP contribution in [0.25, 0.3) is 0 Å². The van der Waals surface area contributed by atoms with Crippen LogP contribution in [0.1, 0.15) is 22.2 Å². The van der Waals surface area contributed by atoms with Gasteiger partial charge in [-0.3, -0.25) is 14.5 Å². The van der Waals surface area contributed by atoms with E-state index in [0.717, 1.165) is 28.4 Å². The molecule has 0 fully saturated rings. The molecule has 136 valence electrons. The van der Waals surface area contributed by atoms with E-state index in [1.165, 1.54) is 30.0 Å². The molecular weight excluding hydrogens is 380 g/mol. The lowest BCUT2D eigenvalue weighted by Gasteiger charge is -2.23. The van der Waals surface area contributed by atoms with Gasteiger partial charge in [0.25, 0.3) is 5.91 Å². The minimum atomic E-state index is -1.22. The number of carbonyl (C=O) groups is 2. The summed E-state index contributed by atoms with van der Waals surface area (Å²) >= 11 is 0.986. The van der Waals surface area contributed by atoms with Crippen LogP contribution >= 0.6 is 11.3 Å². The first-order valence-corrected chi connectivity index (χ1v) is 8.43. The Bertz CT molecular complexity index is 1060. The topological polar surface area (TPSA) is 96.5 Å². The highest BCUT2D eigenvalue weighted by molar-refractivity contribution is 7.13. The zero-order chi connectivity index (χ0) is 19.1. The maximum atomic E-state index is 13.8. The molecule has 4 rings (SSSR count). The normalized spacial score (nSPS) is 17.0. The molecule has 1 aromatic carbocycles. The van der Waals surface area contributed by atoms with Crippen LogP contribution in [-0.2, 0) is 4.79 Å². The van der Waals surface area contributed by atoms with Gasteiger partial charge >= 0.3 is 0 Å². The first kappa shape index (κ1) is 17.0. The van der Waals surface area contributed by atoms with Gasteiger partial charge in [-0.1, -0.05) is 17.4 Å². The highest BCUT2D eigenvalue weighted by Gasteiger charge is 2.46. The number of halogens is 2. The Morgan fingerprint density at radius 2 is 2.07 bits per heavy atom. The number of carbonyl (C=O) groups excluding carboxylic acids is 2. The van der Waals surface area contributed by atoms with Crippen molar-refractivity contribution in [2.45, 2.75) is 6.04 Å². The quantitative estimate of drug-likeness (QED) is 0.689. The molecule has 3 aromatic rings. The lowest BCUT2D eigenvalue weighted by atomic mass is 9.95. The molecule has 7 nitrogen and oxygen atoms in total. The molecule has 1 aliphatic rings. The molecule has 0 spiro atoms. The number of aliphatic hydroxyl groups is 1. The summed E-state index contributed by atoms with van der Waals surface area (Å²) in [5.74, 6) is -4.84. The summed E-state index contributed by atoms with van der Waals surface area (Å²) in [6.07, 6.45) is 1.26.